The summed E-state index contributed by atoms with van der Waals surface area (Å²) in [7, 11) is 0. The zero-order valence-electron chi connectivity index (χ0n) is 10.6. The zero-order valence-corrected chi connectivity index (χ0v) is 10.6. The van der Waals surface area contributed by atoms with Gasteiger partial charge in [0, 0.05) is 6.92 Å². The Labute approximate surface area is 96.2 Å². The lowest BCUT2D eigenvalue weighted by molar-refractivity contribution is -0.332. The van der Waals surface area contributed by atoms with E-state index in [4.69, 9.17) is 10.1 Å². The average molecular weight is 231 g/mol. The van der Waals surface area contributed by atoms with E-state index < -0.39 is 0 Å². The maximum atomic E-state index is 11.1. The fourth-order valence-corrected chi connectivity index (χ4v) is 2.62. The third kappa shape index (κ3) is 2.72. The largest absolute Gasteiger partial charge is 0.367 e. The van der Waals surface area contributed by atoms with E-state index in [1.807, 2.05) is 27.7 Å². The molecular formula is C11H21NO4. The number of nitrogens with zero attached hydrogens (tertiary/aromatic N) is 1. The van der Waals surface area contributed by atoms with Gasteiger partial charge in [-0.25, -0.2) is 4.89 Å². The van der Waals surface area contributed by atoms with Crippen LogP contribution in [0.15, 0.2) is 0 Å². The number of carbonyl (C=O) groups is 1. The van der Waals surface area contributed by atoms with Crippen LogP contribution in [0.4, 0.5) is 0 Å². The maximum Gasteiger partial charge on any atom is 0.322 e. The Hall–Kier alpha value is -0.650. The van der Waals surface area contributed by atoms with Crippen molar-refractivity contribution in [1.82, 2.24) is 5.06 Å². The molecule has 0 atom stereocenters. The SMILES string of the molecule is CC(=O)ON1C(C)(C)CC(OO)CC1(C)C. The smallest absolute Gasteiger partial charge is 0.322 e. The van der Waals surface area contributed by atoms with Crippen molar-refractivity contribution in [3.05, 3.63) is 0 Å². The first-order chi connectivity index (χ1) is 7.19. The molecule has 0 aromatic carbocycles. The Kier molecular flexibility index (Phi) is 3.62. The van der Waals surface area contributed by atoms with E-state index in [1.165, 1.54) is 6.92 Å². The van der Waals surface area contributed by atoms with Crippen LogP contribution in [-0.4, -0.2) is 33.5 Å². The molecule has 0 saturated carbocycles. The normalized spacial score (nSPS) is 25.4. The Morgan fingerprint density at radius 1 is 1.25 bits per heavy atom. The molecule has 1 N–H and O–H groups in total. The third-order valence-electron chi connectivity index (χ3n) is 2.92. The molecule has 1 saturated heterocycles. The molecule has 0 aromatic rings. The van der Waals surface area contributed by atoms with Crippen LogP contribution in [0.3, 0.4) is 0 Å². The Morgan fingerprint density at radius 2 is 1.69 bits per heavy atom. The van der Waals surface area contributed by atoms with Gasteiger partial charge in [-0.2, -0.15) is 0 Å². The molecule has 0 unspecified atom stereocenters. The third-order valence-corrected chi connectivity index (χ3v) is 2.92. The molecule has 0 amide bonds. The van der Waals surface area contributed by atoms with Crippen molar-refractivity contribution in [3.8, 4) is 0 Å². The van der Waals surface area contributed by atoms with Crippen molar-refractivity contribution >= 4 is 5.97 Å². The van der Waals surface area contributed by atoms with Gasteiger partial charge in [0.05, 0.1) is 17.2 Å². The number of rotatable bonds is 2. The van der Waals surface area contributed by atoms with Crippen LogP contribution in [-0.2, 0) is 14.5 Å². The minimum absolute atomic E-state index is 0.225. The highest BCUT2D eigenvalue weighted by Crippen LogP contribution is 2.39. The van der Waals surface area contributed by atoms with Crippen LogP contribution in [0, 0.1) is 0 Å². The van der Waals surface area contributed by atoms with Gasteiger partial charge in [-0.15, -0.1) is 5.06 Å². The van der Waals surface area contributed by atoms with E-state index >= 15 is 0 Å². The molecule has 0 aromatic heterocycles. The average Bonchev–Trinajstić information content (AvgIpc) is 2.10. The first-order valence-electron chi connectivity index (χ1n) is 5.48. The quantitative estimate of drug-likeness (QED) is 0.581. The minimum Gasteiger partial charge on any atom is -0.367 e. The van der Waals surface area contributed by atoms with E-state index in [9.17, 15) is 4.79 Å². The van der Waals surface area contributed by atoms with E-state index in [-0.39, 0.29) is 23.2 Å². The maximum absolute atomic E-state index is 11.1. The van der Waals surface area contributed by atoms with Crippen LogP contribution in [0.1, 0.15) is 47.5 Å². The zero-order chi connectivity index (χ0) is 12.6. The van der Waals surface area contributed by atoms with Gasteiger partial charge in [-0.05, 0) is 40.5 Å². The molecule has 0 aliphatic carbocycles. The molecular weight excluding hydrogens is 210 g/mol. The van der Waals surface area contributed by atoms with E-state index in [0.29, 0.717) is 12.8 Å². The van der Waals surface area contributed by atoms with Crippen molar-refractivity contribution in [1.29, 1.82) is 0 Å². The summed E-state index contributed by atoms with van der Waals surface area (Å²) >= 11 is 0. The van der Waals surface area contributed by atoms with Crippen LogP contribution >= 0.6 is 0 Å². The Bertz CT molecular complexity index is 257. The van der Waals surface area contributed by atoms with Gasteiger partial charge < -0.3 is 4.84 Å². The van der Waals surface area contributed by atoms with E-state index in [1.54, 1.807) is 5.06 Å². The second kappa shape index (κ2) is 4.31. The molecule has 5 heteroatoms. The number of piperidine rings is 1. The first kappa shape index (κ1) is 13.4. The van der Waals surface area contributed by atoms with E-state index in [2.05, 4.69) is 4.89 Å². The highest BCUT2D eigenvalue weighted by atomic mass is 17.1. The number of carbonyl (C=O) groups excluding carboxylic acids is 1. The molecule has 1 heterocycles. The number of hydrogen-bond donors (Lipinski definition) is 1. The first-order valence-corrected chi connectivity index (χ1v) is 5.48. The fourth-order valence-electron chi connectivity index (χ4n) is 2.62. The van der Waals surface area contributed by atoms with Gasteiger partial charge in [0.25, 0.3) is 0 Å². The van der Waals surface area contributed by atoms with Gasteiger partial charge in [0.15, 0.2) is 0 Å². The lowest BCUT2D eigenvalue weighted by atomic mass is 9.80. The lowest BCUT2D eigenvalue weighted by Gasteiger charge is -2.51. The van der Waals surface area contributed by atoms with Crippen LogP contribution in [0.2, 0.25) is 0 Å². The molecule has 1 aliphatic heterocycles. The van der Waals surface area contributed by atoms with Gasteiger partial charge in [-0.1, -0.05) is 0 Å². The summed E-state index contributed by atoms with van der Waals surface area (Å²) in [6.07, 6.45) is 0.997. The van der Waals surface area contributed by atoms with Crippen LogP contribution < -0.4 is 0 Å². The second-order valence-corrected chi connectivity index (χ2v) is 5.64. The van der Waals surface area contributed by atoms with Crippen LogP contribution in [0.25, 0.3) is 0 Å². The summed E-state index contributed by atoms with van der Waals surface area (Å²) in [6, 6.07) is 0. The van der Waals surface area contributed by atoms with Crippen molar-refractivity contribution < 1.29 is 19.8 Å². The predicted octanol–water partition coefficient (Wildman–Crippen LogP) is 1.98. The summed E-state index contributed by atoms with van der Waals surface area (Å²) in [6.45, 7) is 9.23. The summed E-state index contributed by atoms with van der Waals surface area (Å²) in [5.74, 6) is -0.329. The Morgan fingerprint density at radius 3 is 2.00 bits per heavy atom. The standard InChI is InChI=1S/C11H21NO4/c1-8(13)15-12-10(2,3)6-9(16-14)7-11(12,4)5/h9,14H,6-7H2,1-5H3. The summed E-state index contributed by atoms with van der Waals surface area (Å²) in [5, 5.41) is 10.5. The molecule has 0 spiro atoms. The summed E-state index contributed by atoms with van der Waals surface area (Å²) < 4.78 is 0. The topological polar surface area (TPSA) is 59.0 Å². The second-order valence-electron chi connectivity index (χ2n) is 5.64. The minimum atomic E-state index is -0.360. The molecule has 1 aliphatic rings. The van der Waals surface area contributed by atoms with Gasteiger partial charge in [0.1, 0.15) is 0 Å². The van der Waals surface area contributed by atoms with Crippen molar-refractivity contribution in [2.75, 3.05) is 0 Å². The van der Waals surface area contributed by atoms with Crippen molar-refractivity contribution in [2.24, 2.45) is 0 Å². The van der Waals surface area contributed by atoms with Gasteiger partial charge in [0.2, 0.25) is 0 Å². The summed E-state index contributed by atoms with van der Waals surface area (Å²) in [5.41, 5.74) is -0.721. The number of hydroxylamine groups is 2. The molecule has 0 bridgehead atoms. The lowest BCUT2D eigenvalue weighted by Crippen LogP contribution is -2.62. The molecule has 1 rings (SSSR count). The fraction of sp³-hybridized carbons (Fsp3) is 0.909. The monoisotopic (exact) mass is 231 g/mol. The highest BCUT2D eigenvalue weighted by molar-refractivity contribution is 5.65. The van der Waals surface area contributed by atoms with Gasteiger partial charge >= 0.3 is 5.97 Å². The predicted molar refractivity (Wildman–Crippen MR) is 58.5 cm³/mol. The van der Waals surface area contributed by atoms with Crippen LogP contribution in [0.5, 0.6) is 0 Å². The van der Waals surface area contributed by atoms with Crippen molar-refractivity contribution in [2.45, 2.75) is 64.6 Å². The van der Waals surface area contributed by atoms with Gasteiger partial charge in [-0.3, -0.25) is 10.1 Å². The number of hydrogen-bond acceptors (Lipinski definition) is 5. The molecule has 94 valence electrons. The summed E-state index contributed by atoms with van der Waals surface area (Å²) in [4.78, 5) is 20.8. The molecule has 16 heavy (non-hydrogen) atoms. The molecule has 1 fully saturated rings. The molecule has 5 nitrogen and oxygen atoms in total. The van der Waals surface area contributed by atoms with Crippen molar-refractivity contribution in [3.63, 3.8) is 0 Å². The molecule has 0 radical (unpaired) electrons. The van der Waals surface area contributed by atoms with E-state index in [0.717, 1.165) is 0 Å². The Balaban J connectivity index is 2.91. The highest BCUT2D eigenvalue weighted by Gasteiger charge is 2.48.